The molecule has 3 heterocycles. The van der Waals surface area contributed by atoms with Gasteiger partial charge in [0.25, 0.3) is 5.91 Å². The summed E-state index contributed by atoms with van der Waals surface area (Å²) in [6, 6.07) is 11.4. The van der Waals surface area contributed by atoms with E-state index in [2.05, 4.69) is 22.2 Å². The number of likely N-dealkylation sites (tertiary alicyclic amines) is 1. The van der Waals surface area contributed by atoms with Gasteiger partial charge >= 0.3 is 0 Å². The number of benzene rings is 1. The first-order chi connectivity index (χ1) is 15.0. The first-order valence-corrected chi connectivity index (χ1v) is 10.9. The minimum Gasteiger partial charge on any atom is -0.354 e. The lowest BCUT2D eigenvalue weighted by molar-refractivity contribution is 0.0608. The molecule has 3 aromatic rings. The number of rotatable bonds is 5. The van der Waals surface area contributed by atoms with Crippen molar-refractivity contribution in [2.24, 2.45) is 0 Å². The monoisotopic (exact) mass is 416 g/mol. The average Bonchev–Trinajstić information content (AvgIpc) is 2.79. The smallest absolute Gasteiger partial charge is 0.257 e. The highest BCUT2D eigenvalue weighted by Gasteiger charge is 2.28. The largest absolute Gasteiger partial charge is 0.354 e. The van der Waals surface area contributed by atoms with E-state index in [1.54, 1.807) is 25.3 Å². The number of nitrogens with zero attached hydrogens (tertiary/aromatic N) is 3. The van der Waals surface area contributed by atoms with E-state index < -0.39 is 0 Å². The molecule has 1 amide bonds. The summed E-state index contributed by atoms with van der Waals surface area (Å²) >= 11 is 0. The first-order valence-electron chi connectivity index (χ1n) is 10.9. The third-order valence-corrected chi connectivity index (χ3v) is 6.02. The highest BCUT2D eigenvalue weighted by Crippen LogP contribution is 2.31. The van der Waals surface area contributed by atoms with Gasteiger partial charge in [-0.1, -0.05) is 6.92 Å². The Hall–Kier alpha value is -3.28. The van der Waals surface area contributed by atoms with Gasteiger partial charge in [-0.2, -0.15) is 0 Å². The number of aromatic nitrogens is 2. The zero-order chi connectivity index (χ0) is 22.0. The first kappa shape index (κ1) is 21.0. The molecule has 1 saturated heterocycles. The molecule has 0 bridgehead atoms. The number of carbonyl (C=O) groups excluding carboxylic acids is 2. The van der Waals surface area contributed by atoms with Crippen molar-refractivity contribution in [1.82, 2.24) is 14.9 Å². The lowest BCUT2D eigenvalue weighted by atomic mass is 9.98. The number of Topliss-reactive ketones (excluding diaryl/α,β-unsaturated/α-hetero) is 1. The summed E-state index contributed by atoms with van der Waals surface area (Å²) in [5.74, 6) is 0.0246. The van der Waals surface area contributed by atoms with E-state index in [9.17, 15) is 9.59 Å². The Balaban J connectivity index is 1.78. The maximum Gasteiger partial charge on any atom is 0.257 e. The van der Waals surface area contributed by atoms with Gasteiger partial charge in [-0.15, -0.1) is 0 Å². The second-order valence-corrected chi connectivity index (χ2v) is 8.19. The summed E-state index contributed by atoms with van der Waals surface area (Å²) in [5, 5.41) is 4.22. The molecule has 2 aromatic heterocycles. The van der Waals surface area contributed by atoms with Crippen LogP contribution in [-0.4, -0.2) is 39.1 Å². The van der Waals surface area contributed by atoms with E-state index in [0.717, 1.165) is 49.0 Å². The van der Waals surface area contributed by atoms with Gasteiger partial charge in [-0.05, 0) is 75.9 Å². The van der Waals surface area contributed by atoms with Crippen molar-refractivity contribution in [2.45, 2.75) is 52.5 Å². The Morgan fingerprint density at radius 1 is 1.13 bits per heavy atom. The maximum absolute atomic E-state index is 13.6. The van der Waals surface area contributed by atoms with Crippen LogP contribution in [-0.2, 0) is 0 Å². The fourth-order valence-electron chi connectivity index (χ4n) is 4.25. The van der Waals surface area contributed by atoms with Crippen molar-refractivity contribution in [1.29, 1.82) is 0 Å². The molecule has 0 saturated carbocycles. The van der Waals surface area contributed by atoms with Crippen molar-refractivity contribution in [3.05, 3.63) is 59.4 Å². The Kier molecular flexibility index (Phi) is 5.98. The number of anilines is 2. The van der Waals surface area contributed by atoms with Gasteiger partial charge < -0.3 is 10.2 Å². The van der Waals surface area contributed by atoms with Gasteiger partial charge in [0.2, 0.25) is 0 Å². The van der Waals surface area contributed by atoms with Crippen molar-refractivity contribution < 1.29 is 9.59 Å². The van der Waals surface area contributed by atoms with E-state index in [4.69, 9.17) is 0 Å². The van der Waals surface area contributed by atoms with Crippen LogP contribution in [0.5, 0.6) is 0 Å². The van der Waals surface area contributed by atoms with Crippen molar-refractivity contribution >= 4 is 34.1 Å². The van der Waals surface area contributed by atoms with Crippen molar-refractivity contribution in [3.8, 4) is 0 Å². The number of carbonyl (C=O) groups is 2. The van der Waals surface area contributed by atoms with Crippen LogP contribution in [0.25, 0.3) is 11.0 Å². The molecule has 6 heteroatoms. The van der Waals surface area contributed by atoms with Crippen LogP contribution in [0.4, 0.5) is 11.4 Å². The Morgan fingerprint density at radius 3 is 2.61 bits per heavy atom. The number of pyridine rings is 2. The Morgan fingerprint density at radius 2 is 1.90 bits per heavy atom. The standard InChI is InChI=1S/C25H28N4O2/c1-4-20-7-5-6-14-29(20)25(31)22-15-26-24-21(13-8-16(2)27-24)23(22)28-19-11-9-18(10-12-19)17(3)30/h8-13,15,20H,4-7,14H2,1-3H3,(H,26,27,28). The van der Waals surface area contributed by atoms with Crippen molar-refractivity contribution in [2.75, 3.05) is 11.9 Å². The van der Waals surface area contributed by atoms with Crippen molar-refractivity contribution in [3.63, 3.8) is 0 Å². The second kappa shape index (κ2) is 8.84. The van der Waals surface area contributed by atoms with Gasteiger partial charge in [0.1, 0.15) is 0 Å². The molecule has 160 valence electrons. The fourth-order valence-corrected chi connectivity index (χ4v) is 4.25. The Bertz CT molecular complexity index is 1120. The van der Waals surface area contributed by atoms with Crippen LogP contribution in [0, 0.1) is 6.92 Å². The molecule has 1 fully saturated rings. The zero-order valence-corrected chi connectivity index (χ0v) is 18.3. The molecule has 0 aliphatic carbocycles. The van der Waals surface area contributed by atoms with E-state index in [-0.39, 0.29) is 17.7 Å². The molecular weight excluding hydrogens is 388 g/mol. The minimum absolute atomic E-state index is 0.00406. The predicted molar refractivity (Wildman–Crippen MR) is 123 cm³/mol. The summed E-state index contributed by atoms with van der Waals surface area (Å²) in [6.45, 7) is 6.38. The third kappa shape index (κ3) is 4.29. The van der Waals surface area contributed by atoms with E-state index in [1.807, 2.05) is 36.1 Å². The topological polar surface area (TPSA) is 75.2 Å². The highest BCUT2D eigenvalue weighted by atomic mass is 16.2. The number of aryl methyl sites for hydroxylation is 1. The normalized spacial score (nSPS) is 16.4. The number of piperidine rings is 1. The minimum atomic E-state index is 0.00406. The fraction of sp³-hybridized carbons (Fsp3) is 0.360. The predicted octanol–water partition coefficient (Wildman–Crippen LogP) is 5.29. The van der Waals surface area contributed by atoms with Gasteiger partial charge in [-0.3, -0.25) is 9.59 Å². The van der Waals surface area contributed by atoms with Crippen LogP contribution in [0.1, 0.15) is 65.9 Å². The molecule has 4 rings (SSSR count). The third-order valence-electron chi connectivity index (χ3n) is 6.02. The summed E-state index contributed by atoms with van der Waals surface area (Å²) in [5.41, 5.74) is 4.19. The van der Waals surface area contributed by atoms with E-state index >= 15 is 0 Å². The van der Waals surface area contributed by atoms with Crippen LogP contribution in [0.3, 0.4) is 0 Å². The molecule has 1 aromatic carbocycles. The summed E-state index contributed by atoms with van der Waals surface area (Å²) in [7, 11) is 0. The number of amides is 1. The summed E-state index contributed by atoms with van der Waals surface area (Å²) in [6.07, 6.45) is 5.82. The molecule has 1 aliphatic heterocycles. The SMILES string of the molecule is CCC1CCCCN1C(=O)c1cnc2nc(C)ccc2c1Nc1ccc(C(C)=O)cc1. The number of fused-ring (bicyclic) bond motifs is 1. The molecule has 1 unspecified atom stereocenters. The summed E-state index contributed by atoms with van der Waals surface area (Å²) < 4.78 is 0. The van der Waals surface area contributed by atoms with Crippen LogP contribution >= 0.6 is 0 Å². The molecule has 6 nitrogen and oxygen atoms in total. The molecular formula is C25H28N4O2. The molecule has 0 radical (unpaired) electrons. The molecule has 31 heavy (non-hydrogen) atoms. The van der Waals surface area contributed by atoms with Gasteiger partial charge in [0.15, 0.2) is 11.4 Å². The quantitative estimate of drug-likeness (QED) is 0.572. The molecule has 1 N–H and O–H groups in total. The molecule has 1 aliphatic rings. The maximum atomic E-state index is 13.6. The number of ketones is 1. The zero-order valence-electron chi connectivity index (χ0n) is 18.3. The van der Waals surface area contributed by atoms with Gasteiger partial charge in [0, 0.05) is 41.1 Å². The second-order valence-electron chi connectivity index (χ2n) is 8.19. The number of nitrogens with one attached hydrogen (secondary N) is 1. The highest BCUT2D eigenvalue weighted by molar-refractivity contribution is 6.07. The number of hydrogen-bond acceptors (Lipinski definition) is 5. The Labute approximate surface area is 182 Å². The van der Waals surface area contributed by atoms with E-state index in [0.29, 0.717) is 22.5 Å². The molecule has 0 spiro atoms. The van der Waals surface area contributed by atoms with Gasteiger partial charge in [-0.25, -0.2) is 9.97 Å². The van der Waals surface area contributed by atoms with Gasteiger partial charge in [0.05, 0.1) is 11.3 Å². The average molecular weight is 417 g/mol. The van der Waals surface area contributed by atoms with Crippen LogP contribution in [0.2, 0.25) is 0 Å². The van der Waals surface area contributed by atoms with E-state index in [1.165, 1.54) is 0 Å². The summed E-state index contributed by atoms with van der Waals surface area (Å²) in [4.78, 5) is 36.3. The number of hydrogen-bond donors (Lipinski definition) is 1. The molecule has 1 atom stereocenters. The lowest BCUT2D eigenvalue weighted by Crippen LogP contribution is -2.43. The lowest BCUT2D eigenvalue weighted by Gasteiger charge is -2.35. The van der Waals surface area contributed by atoms with Crippen LogP contribution in [0.15, 0.2) is 42.6 Å². The van der Waals surface area contributed by atoms with Crippen LogP contribution < -0.4 is 5.32 Å².